The van der Waals surface area contributed by atoms with Gasteiger partial charge in [0.2, 0.25) is 23.6 Å². The van der Waals surface area contributed by atoms with Gasteiger partial charge in [-0.2, -0.15) is 11.8 Å². The van der Waals surface area contributed by atoms with Crippen LogP contribution >= 0.6 is 11.8 Å². The van der Waals surface area contributed by atoms with E-state index < -0.39 is 59.7 Å². The van der Waals surface area contributed by atoms with Gasteiger partial charge in [-0.1, -0.05) is 20.3 Å². The average Bonchev–Trinajstić information content (AvgIpc) is 2.79. The van der Waals surface area contributed by atoms with Crippen molar-refractivity contribution in [2.45, 2.75) is 76.5 Å². The van der Waals surface area contributed by atoms with Crippen LogP contribution in [0.5, 0.6) is 0 Å². The lowest BCUT2D eigenvalue weighted by atomic mass is 9.96. The number of carboxylic acid groups (broad SMARTS) is 2. The number of hydrogen-bond acceptors (Lipinski definition) is 8. The molecule has 0 heterocycles. The predicted molar refractivity (Wildman–Crippen MR) is 129 cm³/mol. The lowest BCUT2D eigenvalue weighted by Crippen LogP contribution is -2.58. The van der Waals surface area contributed by atoms with Crippen molar-refractivity contribution in [3.05, 3.63) is 0 Å². The molecule has 0 radical (unpaired) electrons. The van der Waals surface area contributed by atoms with E-state index in [1.54, 1.807) is 20.1 Å². The van der Waals surface area contributed by atoms with Crippen LogP contribution in [0.1, 0.15) is 52.4 Å². The summed E-state index contributed by atoms with van der Waals surface area (Å²) in [6, 6.07) is -4.75. The number of nitrogens with one attached hydrogen (secondary N) is 3. The molecule has 0 spiro atoms. The Morgan fingerprint density at radius 1 is 0.857 bits per heavy atom. The number of nitrogens with two attached hydrogens (primary N) is 2. The largest absolute Gasteiger partial charge is 0.481 e. The summed E-state index contributed by atoms with van der Waals surface area (Å²) in [6.07, 6.45) is 1.52. The minimum Gasteiger partial charge on any atom is -0.481 e. The molecule has 0 bridgehead atoms. The maximum Gasteiger partial charge on any atom is 0.326 e. The van der Waals surface area contributed by atoms with E-state index in [1.807, 2.05) is 0 Å². The van der Waals surface area contributed by atoms with Gasteiger partial charge in [-0.15, -0.1) is 0 Å². The normalized spacial score (nSPS) is 15.1. The molecule has 0 aromatic carbocycles. The van der Waals surface area contributed by atoms with Gasteiger partial charge in [0, 0.05) is 12.8 Å². The van der Waals surface area contributed by atoms with E-state index >= 15 is 0 Å². The number of hydrogen-bond donors (Lipinski definition) is 7. The molecule has 5 unspecified atom stereocenters. The topological polar surface area (TPSA) is 231 Å². The third-order valence-corrected chi connectivity index (χ3v) is 5.98. The Hall–Kier alpha value is -2.87. The molecule has 0 rings (SSSR count). The van der Waals surface area contributed by atoms with Gasteiger partial charge < -0.3 is 37.6 Å². The number of thioether (sulfide) groups is 1. The molecule has 0 saturated carbocycles. The number of carboxylic acids is 2. The summed E-state index contributed by atoms with van der Waals surface area (Å²) in [5.74, 6) is -5.27. The van der Waals surface area contributed by atoms with E-state index in [0.29, 0.717) is 12.2 Å². The Balaban J connectivity index is 5.56. The molecule has 0 aliphatic heterocycles. The molecule has 14 heteroatoms. The Morgan fingerprint density at radius 3 is 1.94 bits per heavy atom. The second kappa shape index (κ2) is 16.7. The van der Waals surface area contributed by atoms with Crippen LogP contribution in [0, 0.1) is 5.92 Å². The number of primary amides is 1. The second-order valence-electron chi connectivity index (χ2n) is 8.16. The standard InChI is InChI=1S/C21H37N5O8S/c1-4-11(2)17(26-18(30)12(22)5-8-16(28)29)20(32)24-13(6-7-15(23)27)19(31)25-14(21(33)34)9-10-35-3/h11-14,17H,4-10,22H2,1-3H3,(H2,23,27)(H,24,32)(H,25,31)(H,26,30)(H,28,29)(H,33,34). The average molecular weight is 520 g/mol. The highest BCUT2D eigenvalue weighted by Crippen LogP contribution is 2.11. The minimum absolute atomic E-state index is 0.133. The lowest BCUT2D eigenvalue weighted by molar-refractivity contribution is -0.142. The van der Waals surface area contributed by atoms with E-state index in [-0.39, 0.29) is 38.0 Å². The van der Waals surface area contributed by atoms with Crippen molar-refractivity contribution >= 4 is 47.3 Å². The maximum absolute atomic E-state index is 13.0. The van der Waals surface area contributed by atoms with E-state index in [4.69, 9.17) is 16.6 Å². The first-order chi connectivity index (χ1) is 16.3. The summed E-state index contributed by atoms with van der Waals surface area (Å²) in [4.78, 5) is 71.8. The minimum atomic E-state index is -1.28. The van der Waals surface area contributed by atoms with Crippen LogP contribution in [-0.2, 0) is 28.8 Å². The molecule has 0 aliphatic carbocycles. The number of carbonyl (C=O) groups excluding carboxylic acids is 4. The number of amides is 4. The molecule has 0 fully saturated rings. The molecule has 200 valence electrons. The Bertz CT molecular complexity index is 766. The summed E-state index contributed by atoms with van der Waals surface area (Å²) < 4.78 is 0. The van der Waals surface area contributed by atoms with Crippen LogP contribution in [0.2, 0.25) is 0 Å². The molecule has 4 amide bonds. The summed E-state index contributed by atoms with van der Waals surface area (Å²) in [5, 5.41) is 25.5. The Kier molecular flexibility index (Phi) is 15.3. The van der Waals surface area contributed by atoms with Gasteiger partial charge in [-0.3, -0.25) is 24.0 Å². The number of rotatable bonds is 18. The highest BCUT2D eigenvalue weighted by Gasteiger charge is 2.32. The number of carbonyl (C=O) groups is 6. The van der Waals surface area contributed by atoms with Crippen molar-refractivity contribution in [3.63, 3.8) is 0 Å². The van der Waals surface area contributed by atoms with Gasteiger partial charge >= 0.3 is 11.9 Å². The zero-order valence-electron chi connectivity index (χ0n) is 20.2. The predicted octanol–water partition coefficient (Wildman–Crippen LogP) is -1.22. The summed E-state index contributed by atoms with van der Waals surface area (Å²) >= 11 is 1.40. The highest BCUT2D eigenvalue weighted by molar-refractivity contribution is 7.98. The van der Waals surface area contributed by atoms with Crippen molar-refractivity contribution in [1.82, 2.24) is 16.0 Å². The van der Waals surface area contributed by atoms with Gasteiger partial charge in [0.1, 0.15) is 18.1 Å². The lowest BCUT2D eigenvalue weighted by Gasteiger charge is -2.28. The monoisotopic (exact) mass is 519 g/mol. The third kappa shape index (κ3) is 13.0. The van der Waals surface area contributed by atoms with E-state index in [2.05, 4.69) is 16.0 Å². The van der Waals surface area contributed by atoms with E-state index in [0.717, 1.165) is 0 Å². The molecule has 0 aromatic heterocycles. The van der Waals surface area contributed by atoms with E-state index in [1.165, 1.54) is 11.8 Å². The highest BCUT2D eigenvalue weighted by atomic mass is 32.2. The van der Waals surface area contributed by atoms with Gasteiger partial charge in [0.25, 0.3) is 0 Å². The van der Waals surface area contributed by atoms with Crippen LogP contribution in [-0.4, -0.2) is 82.0 Å². The molecule has 9 N–H and O–H groups in total. The fourth-order valence-electron chi connectivity index (χ4n) is 2.95. The van der Waals surface area contributed by atoms with Gasteiger partial charge in [0.15, 0.2) is 0 Å². The quantitative estimate of drug-likeness (QED) is 0.114. The summed E-state index contributed by atoms with van der Waals surface area (Å²) in [5.41, 5.74) is 10.9. The van der Waals surface area contributed by atoms with Crippen LogP contribution < -0.4 is 27.4 Å². The van der Waals surface area contributed by atoms with Gasteiger partial charge in [0.05, 0.1) is 6.04 Å². The second-order valence-corrected chi connectivity index (χ2v) is 9.14. The third-order valence-electron chi connectivity index (χ3n) is 5.34. The smallest absolute Gasteiger partial charge is 0.326 e. The van der Waals surface area contributed by atoms with Crippen LogP contribution in [0.3, 0.4) is 0 Å². The fraction of sp³-hybridized carbons (Fsp3) is 0.714. The van der Waals surface area contributed by atoms with Gasteiger partial charge in [-0.25, -0.2) is 4.79 Å². The molecular formula is C21H37N5O8S. The molecule has 0 aliphatic rings. The first-order valence-corrected chi connectivity index (χ1v) is 12.6. The van der Waals surface area contributed by atoms with Crippen LogP contribution in [0.25, 0.3) is 0 Å². The molecular weight excluding hydrogens is 482 g/mol. The number of aliphatic carboxylic acids is 2. The maximum atomic E-state index is 13.0. The SMILES string of the molecule is CCC(C)C(NC(=O)C(N)CCC(=O)O)C(=O)NC(CCC(N)=O)C(=O)NC(CCSC)C(=O)O. The summed E-state index contributed by atoms with van der Waals surface area (Å²) in [7, 11) is 0. The summed E-state index contributed by atoms with van der Waals surface area (Å²) in [6.45, 7) is 3.47. The molecule has 0 aromatic rings. The fourth-order valence-corrected chi connectivity index (χ4v) is 3.43. The molecule has 0 saturated heterocycles. The van der Waals surface area contributed by atoms with Gasteiger partial charge in [-0.05, 0) is 37.2 Å². The first kappa shape index (κ1) is 32.1. The van der Waals surface area contributed by atoms with E-state index in [9.17, 15) is 33.9 Å². The van der Waals surface area contributed by atoms with Crippen molar-refractivity contribution in [2.24, 2.45) is 17.4 Å². The van der Waals surface area contributed by atoms with Crippen molar-refractivity contribution in [2.75, 3.05) is 12.0 Å². The van der Waals surface area contributed by atoms with Crippen LogP contribution in [0.15, 0.2) is 0 Å². The van der Waals surface area contributed by atoms with Crippen LogP contribution in [0.4, 0.5) is 0 Å². The Labute approximate surface area is 208 Å². The molecule has 13 nitrogen and oxygen atoms in total. The zero-order valence-corrected chi connectivity index (χ0v) is 21.1. The molecule has 35 heavy (non-hydrogen) atoms. The molecule has 5 atom stereocenters. The Morgan fingerprint density at radius 2 is 1.46 bits per heavy atom. The van der Waals surface area contributed by atoms with Crippen molar-refractivity contribution in [1.29, 1.82) is 0 Å². The zero-order chi connectivity index (χ0) is 27.1. The van der Waals surface area contributed by atoms with Crippen molar-refractivity contribution in [3.8, 4) is 0 Å². The first-order valence-electron chi connectivity index (χ1n) is 11.2. The van der Waals surface area contributed by atoms with Crippen molar-refractivity contribution < 1.29 is 39.0 Å².